The van der Waals surface area contributed by atoms with Crippen LogP contribution in [-0.2, 0) is 13.0 Å². The monoisotopic (exact) mass is 486 g/mol. The highest BCUT2D eigenvalue weighted by atomic mass is 127. The molecule has 8 heteroatoms. The molecule has 3 rings (SSSR count). The van der Waals surface area contributed by atoms with Crippen LogP contribution in [-0.4, -0.2) is 42.1 Å². The molecule has 26 heavy (non-hydrogen) atoms. The normalized spacial score (nSPS) is 15.5. The molecule has 1 saturated heterocycles. The lowest BCUT2D eigenvalue weighted by Crippen LogP contribution is -2.48. The Labute approximate surface area is 176 Å². The summed E-state index contributed by atoms with van der Waals surface area (Å²) in [6, 6.07) is 6.51. The maximum Gasteiger partial charge on any atom is 0.191 e. The second-order valence-electron chi connectivity index (χ2n) is 6.11. The number of rotatable bonds is 5. The Morgan fingerprint density at radius 2 is 2.15 bits per heavy atom. The molecule has 6 nitrogen and oxygen atoms in total. The molecule has 142 valence electrons. The van der Waals surface area contributed by atoms with Crippen LogP contribution in [0, 0.1) is 0 Å². The summed E-state index contributed by atoms with van der Waals surface area (Å²) < 4.78 is 0. The molecular weight excluding hydrogens is 459 g/mol. The largest absolute Gasteiger partial charge is 0.356 e. The van der Waals surface area contributed by atoms with Crippen molar-refractivity contribution < 1.29 is 0 Å². The van der Waals surface area contributed by atoms with Crippen molar-refractivity contribution in [3.8, 4) is 0 Å². The van der Waals surface area contributed by atoms with Gasteiger partial charge in [0, 0.05) is 37.8 Å². The molecule has 0 aromatic carbocycles. The van der Waals surface area contributed by atoms with E-state index in [2.05, 4.69) is 48.9 Å². The van der Waals surface area contributed by atoms with Crippen LogP contribution in [0.25, 0.3) is 0 Å². The molecular formula is C18H27IN6S. The number of anilines is 1. The van der Waals surface area contributed by atoms with Gasteiger partial charge in [-0.3, -0.25) is 4.99 Å². The molecule has 0 amide bonds. The molecule has 1 aliphatic rings. The molecule has 3 heterocycles. The van der Waals surface area contributed by atoms with E-state index in [1.165, 1.54) is 5.01 Å². The van der Waals surface area contributed by atoms with Crippen molar-refractivity contribution in [2.75, 3.05) is 25.0 Å². The van der Waals surface area contributed by atoms with Gasteiger partial charge in [-0.15, -0.1) is 35.3 Å². The van der Waals surface area contributed by atoms with Gasteiger partial charge in [0.25, 0.3) is 0 Å². The molecule has 0 bridgehead atoms. The molecule has 2 aromatic heterocycles. The fourth-order valence-electron chi connectivity index (χ4n) is 2.95. The van der Waals surface area contributed by atoms with Gasteiger partial charge in [0.05, 0.1) is 17.2 Å². The van der Waals surface area contributed by atoms with E-state index >= 15 is 0 Å². The van der Waals surface area contributed by atoms with Gasteiger partial charge < -0.3 is 15.5 Å². The molecule has 1 aliphatic heterocycles. The minimum atomic E-state index is 0. The van der Waals surface area contributed by atoms with Crippen LogP contribution in [0.2, 0.25) is 0 Å². The predicted octanol–water partition coefficient (Wildman–Crippen LogP) is 3.05. The number of aryl methyl sites for hydroxylation is 1. The van der Waals surface area contributed by atoms with E-state index in [0.29, 0.717) is 12.6 Å². The predicted molar refractivity (Wildman–Crippen MR) is 120 cm³/mol. The van der Waals surface area contributed by atoms with Crippen LogP contribution >= 0.6 is 35.3 Å². The number of halogens is 1. The summed E-state index contributed by atoms with van der Waals surface area (Å²) in [5, 5.41) is 10.2. The van der Waals surface area contributed by atoms with Gasteiger partial charge in [0.15, 0.2) is 5.96 Å². The smallest absolute Gasteiger partial charge is 0.191 e. The van der Waals surface area contributed by atoms with Gasteiger partial charge in [-0.05, 0) is 31.4 Å². The van der Waals surface area contributed by atoms with Crippen LogP contribution in [0.5, 0.6) is 0 Å². The summed E-state index contributed by atoms with van der Waals surface area (Å²) in [6.45, 7) is 4.87. The average Bonchev–Trinajstić information content (AvgIpc) is 3.14. The molecule has 0 saturated carbocycles. The number of piperidine rings is 1. The maximum absolute atomic E-state index is 4.58. The Hall–Kier alpha value is -1.42. The molecule has 2 aromatic rings. The fraction of sp³-hybridized carbons (Fsp3) is 0.500. The number of pyridine rings is 1. The molecule has 0 radical (unpaired) electrons. The Kier molecular flexibility index (Phi) is 8.56. The lowest BCUT2D eigenvalue weighted by Gasteiger charge is -2.33. The summed E-state index contributed by atoms with van der Waals surface area (Å²) in [6.07, 6.45) is 5.00. The van der Waals surface area contributed by atoms with Crippen molar-refractivity contribution in [1.82, 2.24) is 20.6 Å². The van der Waals surface area contributed by atoms with Crippen LogP contribution < -0.4 is 15.5 Å². The van der Waals surface area contributed by atoms with Crippen molar-refractivity contribution >= 4 is 47.1 Å². The number of nitrogens with one attached hydrogen (secondary N) is 2. The van der Waals surface area contributed by atoms with E-state index < -0.39 is 0 Å². The highest BCUT2D eigenvalue weighted by Gasteiger charge is 2.20. The van der Waals surface area contributed by atoms with Crippen LogP contribution in [0.15, 0.2) is 34.8 Å². The van der Waals surface area contributed by atoms with E-state index in [4.69, 9.17) is 0 Å². The first-order valence-electron chi connectivity index (χ1n) is 8.85. The first kappa shape index (κ1) is 20.9. The molecule has 0 aliphatic carbocycles. The average molecular weight is 486 g/mol. The number of hydrogen-bond acceptors (Lipinski definition) is 5. The number of aromatic nitrogens is 2. The second-order valence-corrected chi connectivity index (χ2v) is 7.05. The highest BCUT2D eigenvalue weighted by Crippen LogP contribution is 2.17. The van der Waals surface area contributed by atoms with Crippen LogP contribution in [0.4, 0.5) is 5.82 Å². The Bertz CT molecular complexity index is 682. The summed E-state index contributed by atoms with van der Waals surface area (Å²) in [7, 11) is 1.82. The molecule has 2 N–H and O–H groups in total. The van der Waals surface area contributed by atoms with Crippen molar-refractivity contribution in [1.29, 1.82) is 0 Å². The Morgan fingerprint density at radius 1 is 1.35 bits per heavy atom. The first-order valence-corrected chi connectivity index (χ1v) is 9.73. The zero-order chi connectivity index (χ0) is 17.5. The third kappa shape index (κ3) is 5.80. The second kappa shape index (κ2) is 10.7. The Morgan fingerprint density at radius 3 is 2.77 bits per heavy atom. The minimum Gasteiger partial charge on any atom is -0.356 e. The van der Waals surface area contributed by atoms with E-state index in [0.717, 1.165) is 49.8 Å². The van der Waals surface area contributed by atoms with Crippen LogP contribution in [0.3, 0.4) is 0 Å². The molecule has 0 atom stereocenters. The number of nitrogens with zero attached hydrogens (tertiary/aromatic N) is 4. The first-order chi connectivity index (χ1) is 12.3. The summed E-state index contributed by atoms with van der Waals surface area (Å²) >= 11 is 1.72. The standard InChI is InChI=1S/C18H26N6S.HI/c1-3-17-22-15(13-25-17)12-21-18(19-2)23-14-7-10-24(11-8-14)16-6-4-5-9-20-16;/h4-6,9,13-14H,3,7-8,10-12H2,1-2H3,(H2,19,21,23);1H. The topological polar surface area (TPSA) is 65.4 Å². The lowest BCUT2D eigenvalue weighted by atomic mass is 10.1. The third-order valence-electron chi connectivity index (χ3n) is 4.37. The zero-order valence-electron chi connectivity index (χ0n) is 15.3. The summed E-state index contributed by atoms with van der Waals surface area (Å²) in [5.74, 6) is 1.92. The van der Waals surface area contributed by atoms with E-state index in [9.17, 15) is 0 Å². The van der Waals surface area contributed by atoms with Crippen LogP contribution in [0.1, 0.15) is 30.5 Å². The molecule has 0 spiro atoms. The van der Waals surface area contributed by atoms with E-state index in [1.54, 1.807) is 11.3 Å². The van der Waals surface area contributed by atoms with Gasteiger partial charge in [0.1, 0.15) is 5.82 Å². The number of hydrogen-bond donors (Lipinski definition) is 2. The van der Waals surface area contributed by atoms with Gasteiger partial charge in [-0.2, -0.15) is 0 Å². The van der Waals surface area contributed by atoms with Crippen molar-refractivity contribution in [2.24, 2.45) is 4.99 Å². The van der Waals surface area contributed by atoms with Gasteiger partial charge in [-0.1, -0.05) is 13.0 Å². The van der Waals surface area contributed by atoms with Gasteiger partial charge in [-0.25, -0.2) is 9.97 Å². The Balaban J connectivity index is 0.00000243. The zero-order valence-corrected chi connectivity index (χ0v) is 18.5. The van der Waals surface area contributed by atoms with Crippen molar-refractivity contribution in [3.63, 3.8) is 0 Å². The number of guanidine groups is 1. The van der Waals surface area contributed by atoms with Gasteiger partial charge >= 0.3 is 0 Å². The fourth-order valence-corrected chi connectivity index (χ4v) is 3.69. The highest BCUT2D eigenvalue weighted by molar-refractivity contribution is 14.0. The third-order valence-corrected chi connectivity index (χ3v) is 5.41. The number of aliphatic imine (C=N–C) groups is 1. The van der Waals surface area contributed by atoms with Gasteiger partial charge in [0.2, 0.25) is 0 Å². The number of thiazole rings is 1. The van der Waals surface area contributed by atoms with Crippen molar-refractivity contribution in [2.45, 2.75) is 38.8 Å². The quantitative estimate of drug-likeness (QED) is 0.387. The molecule has 1 fully saturated rings. The minimum absolute atomic E-state index is 0. The van der Waals surface area contributed by atoms with Crippen molar-refractivity contribution in [3.05, 3.63) is 40.5 Å². The van der Waals surface area contributed by atoms with E-state index in [-0.39, 0.29) is 24.0 Å². The lowest BCUT2D eigenvalue weighted by molar-refractivity contribution is 0.459. The molecule has 0 unspecified atom stereocenters. The summed E-state index contributed by atoms with van der Waals surface area (Å²) in [5.41, 5.74) is 1.08. The maximum atomic E-state index is 4.58. The SMILES string of the molecule is CCc1nc(CNC(=NC)NC2CCN(c3ccccn3)CC2)cs1.I. The van der Waals surface area contributed by atoms with E-state index in [1.807, 2.05) is 25.4 Å². The summed E-state index contributed by atoms with van der Waals surface area (Å²) in [4.78, 5) is 15.7.